The van der Waals surface area contributed by atoms with Crippen molar-refractivity contribution in [2.75, 3.05) is 0 Å². The van der Waals surface area contributed by atoms with E-state index in [0.29, 0.717) is 5.56 Å². The van der Waals surface area contributed by atoms with E-state index in [-0.39, 0.29) is 29.8 Å². The van der Waals surface area contributed by atoms with Crippen LogP contribution in [0.1, 0.15) is 59.8 Å². The van der Waals surface area contributed by atoms with Gasteiger partial charge in [-0.3, -0.25) is 9.59 Å². The molecular weight excluding hydrogens is 496 g/mol. The Morgan fingerprint density at radius 3 is 2.26 bits per heavy atom. The first-order valence-electron chi connectivity index (χ1n) is 13.3. The van der Waals surface area contributed by atoms with Crippen molar-refractivity contribution < 1.29 is 18.4 Å². The number of nitrogens with one attached hydrogen (secondary N) is 2. The highest BCUT2D eigenvalue weighted by Gasteiger charge is 2.34. The number of benzene rings is 3. The van der Waals surface area contributed by atoms with E-state index in [1.807, 2.05) is 30.3 Å². The molecule has 0 unspecified atom stereocenters. The van der Waals surface area contributed by atoms with Crippen LogP contribution in [0.25, 0.3) is 11.3 Å². The lowest BCUT2D eigenvalue weighted by Crippen LogP contribution is -2.47. The Morgan fingerprint density at radius 2 is 1.54 bits per heavy atom. The lowest BCUT2D eigenvalue weighted by molar-refractivity contribution is -0.127. The minimum absolute atomic E-state index is 0.00483. The third kappa shape index (κ3) is 6.25. The second-order valence-corrected chi connectivity index (χ2v) is 9.97. The van der Waals surface area contributed by atoms with Gasteiger partial charge in [-0.2, -0.15) is 0 Å². The Morgan fingerprint density at radius 1 is 0.846 bits per heavy atom. The third-order valence-electron chi connectivity index (χ3n) is 7.26. The van der Waals surface area contributed by atoms with E-state index in [9.17, 15) is 18.4 Å². The molecule has 0 saturated heterocycles. The molecule has 0 spiro atoms. The summed E-state index contributed by atoms with van der Waals surface area (Å²) in [6.07, 6.45) is 4.90. The number of halogens is 2. The zero-order valence-corrected chi connectivity index (χ0v) is 21.6. The molecule has 39 heavy (non-hydrogen) atoms. The van der Waals surface area contributed by atoms with E-state index < -0.39 is 23.6 Å². The molecule has 5 nitrogen and oxygen atoms in total. The minimum atomic E-state index is -1.09. The van der Waals surface area contributed by atoms with Crippen LogP contribution in [0.3, 0.4) is 0 Å². The van der Waals surface area contributed by atoms with Gasteiger partial charge in [-0.25, -0.2) is 8.78 Å². The number of aromatic nitrogens is 1. The Bertz CT molecular complexity index is 1410. The quantitative estimate of drug-likeness (QED) is 0.265. The first kappa shape index (κ1) is 26.4. The van der Waals surface area contributed by atoms with Gasteiger partial charge in [0, 0.05) is 17.3 Å². The molecule has 2 amide bonds. The fraction of sp³-hybridized carbons (Fsp3) is 0.250. The molecule has 4 aromatic rings. The van der Waals surface area contributed by atoms with Crippen LogP contribution >= 0.6 is 0 Å². The molecular formula is C32H31F2N3O2. The van der Waals surface area contributed by atoms with Gasteiger partial charge in [0.05, 0.1) is 6.54 Å². The summed E-state index contributed by atoms with van der Waals surface area (Å²) in [5.41, 5.74) is 2.64. The van der Waals surface area contributed by atoms with Crippen molar-refractivity contribution >= 4 is 11.8 Å². The largest absolute Gasteiger partial charge is 0.351 e. The van der Waals surface area contributed by atoms with Crippen molar-refractivity contribution in [2.24, 2.45) is 0 Å². The zero-order chi connectivity index (χ0) is 27.2. The molecule has 1 saturated carbocycles. The van der Waals surface area contributed by atoms with Crippen molar-refractivity contribution in [3.8, 4) is 11.3 Å². The van der Waals surface area contributed by atoms with Crippen molar-refractivity contribution in [3.05, 3.63) is 119 Å². The number of hydrogen-bond acceptors (Lipinski definition) is 2. The molecule has 7 heteroatoms. The Labute approximate surface area is 226 Å². The maximum Gasteiger partial charge on any atom is 0.271 e. The summed E-state index contributed by atoms with van der Waals surface area (Å²) in [6, 6.07) is 23.7. The number of carbonyl (C=O) groups is 2. The molecule has 0 radical (unpaired) electrons. The molecule has 1 aliphatic rings. The van der Waals surface area contributed by atoms with Crippen LogP contribution in [0.4, 0.5) is 8.78 Å². The fourth-order valence-corrected chi connectivity index (χ4v) is 5.20. The highest BCUT2D eigenvalue weighted by Crippen LogP contribution is 2.29. The topological polar surface area (TPSA) is 65.2 Å². The number of amides is 2. The van der Waals surface area contributed by atoms with Crippen LogP contribution in [-0.4, -0.2) is 27.7 Å². The summed E-state index contributed by atoms with van der Waals surface area (Å²) >= 11 is 0. The first-order chi connectivity index (χ1) is 19.0. The maximum atomic E-state index is 14.8. The van der Waals surface area contributed by atoms with Gasteiger partial charge in [-0.1, -0.05) is 79.9 Å². The van der Waals surface area contributed by atoms with E-state index in [4.69, 9.17) is 0 Å². The monoisotopic (exact) mass is 527 g/mol. The van der Waals surface area contributed by atoms with Gasteiger partial charge in [0.1, 0.15) is 23.4 Å². The normalized spacial score (nSPS) is 14.5. The summed E-state index contributed by atoms with van der Waals surface area (Å²) in [7, 11) is 0. The molecule has 3 aromatic carbocycles. The summed E-state index contributed by atoms with van der Waals surface area (Å²) in [5, 5.41) is 3.12. The molecule has 1 heterocycles. The average molecular weight is 528 g/mol. The van der Waals surface area contributed by atoms with Gasteiger partial charge in [-0.05, 0) is 54.3 Å². The highest BCUT2D eigenvalue weighted by molar-refractivity contribution is 5.97. The molecule has 1 atom stereocenters. The average Bonchev–Trinajstić information content (AvgIpc) is 3.46. The van der Waals surface area contributed by atoms with Gasteiger partial charge < -0.3 is 15.2 Å². The molecule has 1 aliphatic carbocycles. The van der Waals surface area contributed by atoms with Gasteiger partial charge >= 0.3 is 0 Å². The molecule has 5 rings (SSSR count). The SMILES string of the molecule is O=C(NC1CCCCC1)[C@@H](c1ccc(F)cc1)N(Cc1ccccc1F)C(=O)c1ccc(-c2ccccc2)[nH]1. The number of carbonyl (C=O) groups excluding carboxylic acids is 2. The van der Waals surface area contributed by atoms with Gasteiger partial charge in [0.25, 0.3) is 5.91 Å². The van der Waals surface area contributed by atoms with E-state index in [2.05, 4.69) is 10.3 Å². The number of nitrogens with zero attached hydrogens (tertiary/aromatic N) is 1. The zero-order valence-electron chi connectivity index (χ0n) is 21.6. The lowest BCUT2D eigenvalue weighted by Gasteiger charge is -2.33. The number of hydrogen-bond donors (Lipinski definition) is 2. The van der Waals surface area contributed by atoms with Crippen LogP contribution in [0.5, 0.6) is 0 Å². The van der Waals surface area contributed by atoms with Crippen molar-refractivity contribution in [3.63, 3.8) is 0 Å². The van der Waals surface area contributed by atoms with Crippen LogP contribution < -0.4 is 5.32 Å². The lowest BCUT2D eigenvalue weighted by atomic mass is 9.94. The van der Waals surface area contributed by atoms with Crippen molar-refractivity contribution in [1.82, 2.24) is 15.2 Å². The van der Waals surface area contributed by atoms with Crippen molar-refractivity contribution in [2.45, 2.75) is 50.7 Å². The van der Waals surface area contributed by atoms with Crippen LogP contribution in [0.2, 0.25) is 0 Å². The maximum absolute atomic E-state index is 14.8. The Kier molecular flexibility index (Phi) is 8.16. The van der Waals surface area contributed by atoms with E-state index in [1.165, 1.54) is 35.2 Å². The van der Waals surface area contributed by atoms with E-state index >= 15 is 0 Å². The molecule has 0 bridgehead atoms. The smallest absolute Gasteiger partial charge is 0.271 e. The Balaban J connectivity index is 1.54. The second-order valence-electron chi connectivity index (χ2n) is 9.97. The van der Waals surface area contributed by atoms with E-state index in [1.54, 1.807) is 30.3 Å². The van der Waals surface area contributed by atoms with Crippen LogP contribution in [-0.2, 0) is 11.3 Å². The summed E-state index contributed by atoms with van der Waals surface area (Å²) in [4.78, 5) is 32.5. The summed E-state index contributed by atoms with van der Waals surface area (Å²) in [6.45, 7) is -0.147. The second kappa shape index (κ2) is 12.1. The fourth-order valence-electron chi connectivity index (χ4n) is 5.20. The predicted molar refractivity (Wildman–Crippen MR) is 147 cm³/mol. The predicted octanol–water partition coefficient (Wildman–Crippen LogP) is 6.79. The first-order valence-corrected chi connectivity index (χ1v) is 13.3. The molecule has 1 fully saturated rings. The molecule has 200 valence electrons. The molecule has 2 N–H and O–H groups in total. The standard InChI is InChI=1S/C32H31F2N3O2/c33-25-17-15-23(16-18-25)30(31(38)35-26-12-5-2-6-13-26)37(21-24-11-7-8-14-27(24)34)32(39)29-20-19-28(36-29)22-9-3-1-4-10-22/h1,3-4,7-11,14-20,26,30,36H,2,5-6,12-13,21H2,(H,35,38)/t30-/m1/s1. The van der Waals surface area contributed by atoms with Gasteiger partial charge in [0.2, 0.25) is 5.91 Å². The molecule has 1 aromatic heterocycles. The number of aromatic amines is 1. The summed E-state index contributed by atoms with van der Waals surface area (Å²) in [5.74, 6) is -1.76. The van der Waals surface area contributed by atoms with Gasteiger partial charge in [-0.15, -0.1) is 0 Å². The van der Waals surface area contributed by atoms with Crippen LogP contribution in [0, 0.1) is 11.6 Å². The van der Waals surface area contributed by atoms with Gasteiger partial charge in [0.15, 0.2) is 0 Å². The third-order valence-corrected chi connectivity index (χ3v) is 7.26. The summed E-state index contributed by atoms with van der Waals surface area (Å²) < 4.78 is 28.7. The Hall–Kier alpha value is -4.26. The van der Waals surface area contributed by atoms with E-state index in [0.717, 1.165) is 43.4 Å². The molecule has 0 aliphatic heterocycles. The van der Waals surface area contributed by atoms with Crippen LogP contribution in [0.15, 0.2) is 91.0 Å². The highest BCUT2D eigenvalue weighted by atomic mass is 19.1. The number of H-pyrrole nitrogens is 1. The van der Waals surface area contributed by atoms with Crippen molar-refractivity contribution in [1.29, 1.82) is 0 Å². The minimum Gasteiger partial charge on any atom is -0.351 e. The number of rotatable bonds is 8.